The minimum Gasteiger partial charge on any atom is -0.398 e. The number of benzene rings is 1. The highest BCUT2D eigenvalue weighted by molar-refractivity contribution is 6.33. The maximum absolute atomic E-state index is 12.0. The summed E-state index contributed by atoms with van der Waals surface area (Å²) in [5.74, 6) is 0.543. The Balaban J connectivity index is 1.92. The fourth-order valence-corrected chi connectivity index (χ4v) is 2.75. The Labute approximate surface area is 117 Å². The van der Waals surface area contributed by atoms with Gasteiger partial charge in [-0.15, -0.1) is 0 Å². The first-order chi connectivity index (χ1) is 9.11. The number of amides is 1. The first kappa shape index (κ1) is 14.2. The van der Waals surface area contributed by atoms with Crippen LogP contribution in [-0.4, -0.2) is 24.2 Å². The molecule has 1 fully saturated rings. The van der Waals surface area contributed by atoms with Gasteiger partial charge in [-0.1, -0.05) is 18.0 Å². The predicted molar refractivity (Wildman–Crippen MR) is 76.1 cm³/mol. The molecule has 1 saturated carbocycles. The van der Waals surface area contributed by atoms with E-state index in [0.29, 0.717) is 34.7 Å². The molecule has 1 aliphatic carbocycles. The van der Waals surface area contributed by atoms with Gasteiger partial charge < -0.3 is 16.2 Å². The number of nitrogens with one attached hydrogen (secondary N) is 1. The van der Waals surface area contributed by atoms with Crippen LogP contribution in [0.3, 0.4) is 0 Å². The molecule has 0 aliphatic heterocycles. The molecule has 0 bridgehead atoms. The molecule has 5 heteroatoms. The van der Waals surface area contributed by atoms with E-state index in [1.165, 1.54) is 0 Å². The average Bonchev–Trinajstić information content (AvgIpc) is 2.86. The Morgan fingerprint density at radius 3 is 2.84 bits per heavy atom. The van der Waals surface area contributed by atoms with Crippen molar-refractivity contribution in [3.8, 4) is 0 Å². The number of halogens is 1. The summed E-state index contributed by atoms with van der Waals surface area (Å²) < 4.78 is 0. The van der Waals surface area contributed by atoms with Gasteiger partial charge in [0, 0.05) is 18.7 Å². The lowest BCUT2D eigenvalue weighted by Gasteiger charge is -2.17. The van der Waals surface area contributed by atoms with Crippen molar-refractivity contribution in [2.75, 3.05) is 18.9 Å². The summed E-state index contributed by atoms with van der Waals surface area (Å²) in [4.78, 5) is 12.0. The van der Waals surface area contributed by atoms with Crippen molar-refractivity contribution in [2.45, 2.75) is 19.3 Å². The largest absolute Gasteiger partial charge is 0.398 e. The molecule has 19 heavy (non-hydrogen) atoms. The third-order valence-electron chi connectivity index (χ3n) is 3.83. The maximum Gasteiger partial charge on any atom is 0.251 e. The number of carbonyl (C=O) groups excluding carboxylic acids is 1. The lowest BCUT2D eigenvalue weighted by molar-refractivity contribution is 0.0938. The molecule has 1 amide bonds. The molecule has 0 spiro atoms. The van der Waals surface area contributed by atoms with E-state index >= 15 is 0 Å². The predicted octanol–water partition coefficient (Wildman–Crippen LogP) is 2.06. The third kappa shape index (κ3) is 3.39. The summed E-state index contributed by atoms with van der Waals surface area (Å²) in [6.45, 7) is 0.807. The molecule has 2 rings (SSSR count). The number of aliphatic hydroxyl groups is 1. The summed E-state index contributed by atoms with van der Waals surface area (Å²) in [5, 5.41) is 12.6. The number of nitrogen functional groups attached to an aromatic ring is 1. The van der Waals surface area contributed by atoms with Gasteiger partial charge in [-0.25, -0.2) is 0 Å². The van der Waals surface area contributed by atoms with Crippen LogP contribution >= 0.6 is 11.6 Å². The number of anilines is 1. The summed E-state index contributed by atoms with van der Waals surface area (Å²) in [7, 11) is 0. The zero-order valence-electron chi connectivity index (χ0n) is 10.7. The molecule has 1 aliphatic rings. The van der Waals surface area contributed by atoms with Crippen molar-refractivity contribution < 1.29 is 9.90 Å². The molecule has 0 saturated heterocycles. The number of hydrogen-bond donors (Lipinski definition) is 3. The normalized spacial score (nSPS) is 22.4. The van der Waals surface area contributed by atoms with Gasteiger partial charge in [-0.05, 0) is 42.9 Å². The standard InChI is InChI=1S/C14H19ClN2O2/c15-12-5-4-9(6-13(12)16)14(19)17-7-10-2-1-3-11(10)8-18/h4-6,10-11,18H,1-3,7-8,16H2,(H,17,19). The molecule has 0 aromatic heterocycles. The maximum atomic E-state index is 12.0. The molecular weight excluding hydrogens is 264 g/mol. The van der Waals surface area contributed by atoms with Crippen LogP contribution in [0.5, 0.6) is 0 Å². The Bertz CT molecular complexity index is 465. The second kappa shape index (κ2) is 6.26. The molecule has 1 aromatic rings. The zero-order chi connectivity index (χ0) is 13.8. The van der Waals surface area contributed by atoms with Gasteiger partial charge in [0.2, 0.25) is 0 Å². The highest BCUT2D eigenvalue weighted by Crippen LogP contribution is 2.30. The van der Waals surface area contributed by atoms with E-state index in [1.54, 1.807) is 18.2 Å². The van der Waals surface area contributed by atoms with E-state index in [4.69, 9.17) is 17.3 Å². The van der Waals surface area contributed by atoms with Crippen LogP contribution in [0.15, 0.2) is 18.2 Å². The van der Waals surface area contributed by atoms with E-state index in [-0.39, 0.29) is 12.5 Å². The monoisotopic (exact) mass is 282 g/mol. The number of rotatable bonds is 4. The fraction of sp³-hybridized carbons (Fsp3) is 0.500. The van der Waals surface area contributed by atoms with Crippen molar-refractivity contribution in [2.24, 2.45) is 11.8 Å². The first-order valence-corrected chi connectivity index (χ1v) is 6.93. The summed E-state index contributed by atoms with van der Waals surface area (Å²) >= 11 is 5.82. The van der Waals surface area contributed by atoms with Gasteiger partial charge >= 0.3 is 0 Å². The van der Waals surface area contributed by atoms with E-state index in [1.807, 2.05) is 0 Å². The topological polar surface area (TPSA) is 75.4 Å². The molecule has 4 N–H and O–H groups in total. The SMILES string of the molecule is Nc1cc(C(=O)NCC2CCCC2CO)ccc1Cl. The van der Waals surface area contributed by atoms with Gasteiger partial charge in [0.05, 0.1) is 10.7 Å². The number of nitrogens with two attached hydrogens (primary N) is 1. The fourth-order valence-electron chi connectivity index (χ4n) is 2.63. The van der Waals surface area contributed by atoms with Crippen LogP contribution in [0.1, 0.15) is 29.6 Å². The van der Waals surface area contributed by atoms with Crippen molar-refractivity contribution >= 4 is 23.2 Å². The molecule has 1 aromatic carbocycles. The summed E-state index contributed by atoms with van der Waals surface area (Å²) in [6, 6.07) is 4.86. The summed E-state index contributed by atoms with van der Waals surface area (Å²) in [5.41, 5.74) is 6.60. The van der Waals surface area contributed by atoms with Crippen LogP contribution in [0.25, 0.3) is 0 Å². The highest BCUT2D eigenvalue weighted by Gasteiger charge is 2.26. The van der Waals surface area contributed by atoms with Crippen molar-refractivity contribution in [3.63, 3.8) is 0 Å². The van der Waals surface area contributed by atoms with Crippen molar-refractivity contribution in [1.29, 1.82) is 0 Å². The third-order valence-corrected chi connectivity index (χ3v) is 4.18. The minimum absolute atomic E-state index is 0.146. The Morgan fingerprint density at radius 2 is 2.16 bits per heavy atom. The van der Waals surface area contributed by atoms with Gasteiger partial charge in [0.25, 0.3) is 5.91 Å². The van der Waals surface area contributed by atoms with E-state index in [9.17, 15) is 9.90 Å². The number of hydrogen-bond acceptors (Lipinski definition) is 3. The lowest BCUT2D eigenvalue weighted by Crippen LogP contribution is -2.31. The Hall–Kier alpha value is -1.26. The average molecular weight is 283 g/mol. The van der Waals surface area contributed by atoms with Gasteiger partial charge in [-0.2, -0.15) is 0 Å². The summed E-state index contributed by atoms with van der Waals surface area (Å²) in [6.07, 6.45) is 3.23. The lowest BCUT2D eigenvalue weighted by atomic mass is 9.97. The Kier molecular flexibility index (Phi) is 4.66. The van der Waals surface area contributed by atoms with Crippen LogP contribution in [0, 0.1) is 11.8 Å². The molecule has 2 atom stereocenters. The van der Waals surface area contributed by atoms with Crippen molar-refractivity contribution in [1.82, 2.24) is 5.32 Å². The minimum atomic E-state index is -0.146. The van der Waals surface area contributed by atoms with Crippen molar-refractivity contribution in [3.05, 3.63) is 28.8 Å². The van der Waals surface area contributed by atoms with E-state index in [2.05, 4.69) is 5.32 Å². The second-order valence-electron chi connectivity index (χ2n) is 5.08. The zero-order valence-corrected chi connectivity index (χ0v) is 11.5. The van der Waals surface area contributed by atoms with E-state index < -0.39 is 0 Å². The van der Waals surface area contributed by atoms with Crippen LogP contribution < -0.4 is 11.1 Å². The van der Waals surface area contributed by atoms with Gasteiger partial charge in [-0.3, -0.25) is 4.79 Å². The highest BCUT2D eigenvalue weighted by atomic mass is 35.5. The molecule has 4 nitrogen and oxygen atoms in total. The number of aliphatic hydroxyl groups excluding tert-OH is 1. The molecule has 104 valence electrons. The quantitative estimate of drug-likeness (QED) is 0.740. The molecule has 2 unspecified atom stereocenters. The van der Waals surface area contributed by atoms with Crippen LogP contribution in [-0.2, 0) is 0 Å². The second-order valence-corrected chi connectivity index (χ2v) is 5.49. The van der Waals surface area contributed by atoms with Crippen LogP contribution in [0.2, 0.25) is 5.02 Å². The smallest absolute Gasteiger partial charge is 0.251 e. The van der Waals surface area contributed by atoms with E-state index in [0.717, 1.165) is 19.3 Å². The molecule has 0 heterocycles. The molecule has 0 radical (unpaired) electrons. The van der Waals surface area contributed by atoms with Gasteiger partial charge in [0.1, 0.15) is 0 Å². The Morgan fingerprint density at radius 1 is 1.42 bits per heavy atom. The first-order valence-electron chi connectivity index (χ1n) is 6.56. The molecular formula is C14H19ClN2O2. The van der Waals surface area contributed by atoms with Gasteiger partial charge in [0.15, 0.2) is 0 Å². The van der Waals surface area contributed by atoms with Crippen LogP contribution in [0.4, 0.5) is 5.69 Å². The number of carbonyl (C=O) groups is 1.